The van der Waals surface area contributed by atoms with Crippen LogP contribution in [0.15, 0.2) is 0 Å². The number of carbonyl (C=O) groups excluding carboxylic acids is 1. The number of primary amides is 1. The molecule has 1 atom stereocenters. The van der Waals surface area contributed by atoms with Crippen molar-refractivity contribution in [3.05, 3.63) is 0 Å². The van der Waals surface area contributed by atoms with Crippen LogP contribution in [0.5, 0.6) is 0 Å². The summed E-state index contributed by atoms with van der Waals surface area (Å²) in [5, 5.41) is 0. The molecule has 0 saturated carbocycles. The molecule has 0 saturated heterocycles. The van der Waals surface area contributed by atoms with E-state index in [4.69, 9.17) is 5.73 Å². The molecule has 0 aliphatic heterocycles. The van der Waals surface area contributed by atoms with Crippen LogP contribution >= 0.6 is 12.6 Å². The van der Waals surface area contributed by atoms with Crippen molar-refractivity contribution in [3.8, 4) is 0 Å². The zero-order valence-electron chi connectivity index (χ0n) is 9.17. The third-order valence-corrected chi connectivity index (χ3v) is 2.97. The second-order valence-electron chi connectivity index (χ2n) is 3.84. The summed E-state index contributed by atoms with van der Waals surface area (Å²) in [6.07, 6.45) is 8.44. The minimum Gasteiger partial charge on any atom is -0.369 e. The van der Waals surface area contributed by atoms with Gasteiger partial charge in [-0.1, -0.05) is 45.4 Å². The molecule has 0 heterocycles. The fourth-order valence-electron chi connectivity index (χ4n) is 1.49. The predicted molar refractivity (Wildman–Crippen MR) is 64.5 cm³/mol. The summed E-state index contributed by atoms with van der Waals surface area (Å²) in [7, 11) is 0. The maximum Gasteiger partial charge on any atom is 0.221 e. The third kappa shape index (κ3) is 7.25. The standard InChI is InChI=1S/C11H23NOS/c1-2-3-4-5-6-7-8-10(9-14)11(12)13/h10,14H,2-9H2,1H3,(H2,12,13). The summed E-state index contributed by atoms with van der Waals surface area (Å²) >= 11 is 4.11. The molecule has 1 amide bonds. The van der Waals surface area contributed by atoms with Crippen molar-refractivity contribution in [2.75, 3.05) is 5.75 Å². The van der Waals surface area contributed by atoms with Gasteiger partial charge in [-0.3, -0.25) is 4.79 Å². The van der Waals surface area contributed by atoms with Crippen molar-refractivity contribution in [1.82, 2.24) is 0 Å². The maximum absolute atomic E-state index is 10.9. The van der Waals surface area contributed by atoms with E-state index in [1.54, 1.807) is 0 Å². The number of nitrogens with two attached hydrogens (primary N) is 1. The third-order valence-electron chi connectivity index (χ3n) is 2.53. The fourth-order valence-corrected chi connectivity index (χ4v) is 1.86. The van der Waals surface area contributed by atoms with Crippen molar-refractivity contribution >= 4 is 18.5 Å². The molecular weight excluding hydrogens is 194 g/mol. The van der Waals surface area contributed by atoms with Gasteiger partial charge in [0.15, 0.2) is 0 Å². The Hall–Kier alpha value is -0.180. The monoisotopic (exact) mass is 217 g/mol. The van der Waals surface area contributed by atoms with Gasteiger partial charge in [-0.15, -0.1) is 0 Å². The zero-order valence-corrected chi connectivity index (χ0v) is 10.1. The van der Waals surface area contributed by atoms with Gasteiger partial charge in [-0.2, -0.15) is 12.6 Å². The Labute approximate surface area is 93.0 Å². The van der Waals surface area contributed by atoms with Gasteiger partial charge < -0.3 is 5.73 Å². The molecular formula is C11H23NOS. The van der Waals surface area contributed by atoms with Crippen molar-refractivity contribution in [3.63, 3.8) is 0 Å². The van der Waals surface area contributed by atoms with Gasteiger partial charge in [0.05, 0.1) is 0 Å². The lowest BCUT2D eigenvalue weighted by atomic mass is 10.0. The van der Waals surface area contributed by atoms with Crippen molar-refractivity contribution < 1.29 is 4.79 Å². The predicted octanol–water partition coefficient (Wildman–Crippen LogP) is 2.77. The first-order chi connectivity index (χ1) is 6.72. The number of rotatable bonds is 9. The molecule has 14 heavy (non-hydrogen) atoms. The van der Waals surface area contributed by atoms with E-state index in [1.807, 2.05) is 0 Å². The first-order valence-electron chi connectivity index (χ1n) is 5.62. The molecule has 3 heteroatoms. The molecule has 0 aromatic carbocycles. The summed E-state index contributed by atoms with van der Waals surface area (Å²) < 4.78 is 0. The Morgan fingerprint density at radius 3 is 2.29 bits per heavy atom. The highest BCUT2D eigenvalue weighted by Crippen LogP contribution is 2.13. The Balaban J connectivity index is 3.29. The van der Waals surface area contributed by atoms with Gasteiger partial charge in [0.25, 0.3) is 0 Å². The first kappa shape index (κ1) is 13.8. The van der Waals surface area contributed by atoms with Crippen LogP contribution in [0.1, 0.15) is 51.9 Å². The van der Waals surface area contributed by atoms with Crippen LogP contribution in [-0.4, -0.2) is 11.7 Å². The van der Waals surface area contributed by atoms with Crippen molar-refractivity contribution in [2.45, 2.75) is 51.9 Å². The van der Waals surface area contributed by atoms with E-state index in [0.29, 0.717) is 5.75 Å². The van der Waals surface area contributed by atoms with Gasteiger partial charge in [0.2, 0.25) is 5.91 Å². The molecule has 0 aromatic rings. The van der Waals surface area contributed by atoms with E-state index >= 15 is 0 Å². The molecule has 0 rings (SSSR count). The average molecular weight is 217 g/mol. The highest BCUT2D eigenvalue weighted by atomic mass is 32.1. The molecule has 0 fully saturated rings. The summed E-state index contributed by atoms with van der Waals surface area (Å²) in [6, 6.07) is 0. The molecule has 0 aromatic heterocycles. The molecule has 84 valence electrons. The van der Waals surface area contributed by atoms with E-state index in [-0.39, 0.29) is 11.8 Å². The molecule has 0 bridgehead atoms. The fraction of sp³-hybridized carbons (Fsp3) is 0.909. The highest BCUT2D eigenvalue weighted by molar-refractivity contribution is 7.80. The Morgan fingerprint density at radius 2 is 1.79 bits per heavy atom. The molecule has 1 unspecified atom stereocenters. The molecule has 0 aliphatic carbocycles. The zero-order chi connectivity index (χ0) is 10.8. The van der Waals surface area contributed by atoms with E-state index in [9.17, 15) is 4.79 Å². The van der Waals surface area contributed by atoms with Crippen LogP contribution in [0, 0.1) is 5.92 Å². The lowest BCUT2D eigenvalue weighted by molar-refractivity contribution is -0.121. The lowest BCUT2D eigenvalue weighted by Crippen LogP contribution is -2.24. The minimum absolute atomic E-state index is 0.0236. The molecule has 2 N–H and O–H groups in total. The summed E-state index contributed by atoms with van der Waals surface area (Å²) in [5.41, 5.74) is 5.22. The Bertz CT molecular complexity index is 150. The van der Waals surface area contributed by atoms with Gasteiger partial charge in [-0.25, -0.2) is 0 Å². The number of carbonyl (C=O) groups is 1. The normalized spacial score (nSPS) is 12.7. The quantitative estimate of drug-likeness (QED) is 0.452. The van der Waals surface area contributed by atoms with Crippen LogP contribution in [0.25, 0.3) is 0 Å². The summed E-state index contributed by atoms with van der Waals surface area (Å²) in [6.45, 7) is 2.21. The SMILES string of the molecule is CCCCCCCCC(CS)C(N)=O. The molecule has 0 aliphatic rings. The number of amides is 1. The highest BCUT2D eigenvalue weighted by Gasteiger charge is 2.11. The second-order valence-corrected chi connectivity index (χ2v) is 4.20. The number of hydrogen-bond acceptors (Lipinski definition) is 2. The topological polar surface area (TPSA) is 43.1 Å². The smallest absolute Gasteiger partial charge is 0.221 e. The van der Waals surface area contributed by atoms with Gasteiger partial charge >= 0.3 is 0 Å². The van der Waals surface area contributed by atoms with E-state index in [1.165, 1.54) is 32.1 Å². The molecule has 0 spiro atoms. The molecule has 0 radical (unpaired) electrons. The summed E-state index contributed by atoms with van der Waals surface area (Å²) in [5.74, 6) is 0.364. The van der Waals surface area contributed by atoms with E-state index in [0.717, 1.165) is 12.8 Å². The molecule has 2 nitrogen and oxygen atoms in total. The largest absolute Gasteiger partial charge is 0.369 e. The van der Waals surface area contributed by atoms with Crippen LogP contribution in [-0.2, 0) is 4.79 Å². The van der Waals surface area contributed by atoms with Gasteiger partial charge in [-0.05, 0) is 6.42 Å². The average Bonchev–Trinajstić information content (AvgIpc) is 2.16. The Kier molecular flexibility index (Phi) is 9.26. The minimum atomic E-state index is -0.200. The van der Waals surface area contributed by atoms with Crippen molar-refractivity contribution in [2.24, 2.45) is 11.7 Å². The van der Waals surface area contributed by atoms with Crippen LogP contribution in [0.3, 0.4) is 0 Å². The second kappa shape index (κ2) is 9.38. The van der Waals surface area contributed by atoms with E-state index < -0.39 is 0 Å². The van der Waals surface area contributed by atoms with Crippen molar-refractivity contribution in [1.29, 1.82) is 0 Å². The summed E-state index contributed by atoms with van der Waals surface area (Å²) in [4.78, 5) is 10.9. The van der Waals surface area contributed by atoms with Crippen LogP contribution in [0.2, 0.25) is 0 Å². The Morgan fingerprint density at radius 1 is 1.21 bits per heavy atom. The van der Waals surface area contributed by atoms with Gasteiger partial charge in [0, 0.05) is 11.7 Å². The maximum atomic E-state index is 10.9. The van der Waals surface area contributed by atoms with Crippen LogP contribution in [0.4, 0.5) is 0 Å². The van der Waals surface area contributed by atoms with Gasteiger partial charge in [0.1, 0.15) is 0 Å². The number of unbranched alkanes of at least 4 members (excludes halogenated alkanes) is 5. The van der Waals surface area contributed by atoms with Crippen LogP contribution < -0.4 is 5.73 Å². The first-order valence-corrected chi connectivity index (χ1v) is 6.25. The van der Waals surface area contributed by atoms with E-state index in [2.05, 4.69) is 19.6 Å². The lowest BCUT2D eigenvalue weighted by Gasteiger charge is -2.09. The number of thiol groups is 1. The number of hydrogen-bond donors (Lipinski definition) is 2.